The average molecular weight is 233 g/mol. The van der Waals surface area contributed by atoms with Crippen molar-refractivity contribution in [1.29, 1.82) is 0 Å². The summed E-state index contributed by atoms with van der Waals surface area (Å²) < 4.78 is 0. The van der Waals surface area contributed by atoms with Gasteiger partial charge in [0.05, 0.1) is 0 Å². The lowest BCUT2D eigenvalue weighted by Gasteiger charge is -2.26. The molecule has 1 aliphatic heterocycles. The molecule has 0 aromatic heterocycles. The Balaban J connectivity index is 2.06. The van der Waals surface area contributed by atoms with Crippen molar-refractivity contribution in [3.63, 3.8) is 0 Å². The number of aryl methyl sites for hydroxylation is 1. The van der Waals surface area contributed by atoms with Crippen molar-refractivity contribution >= 4 is 11.7 Å². The molecule has 17 heavy (non-hydrogen) atoms. The minimum absolute atomic E-state index is 0.271. The largest absolute Gasteiger partial charge is 0.481 e. The van der Waals surface area contributed by atoms with E-state index < -0.39 is 5.97 Å². The zero-order valence-electron chi connectivity index (χ0n) is 10.2. The SMILES string of the molecule is Cc1cccc(N2CCCC2CCC(=O)O)c1. The van der Waals surface area contributed by atoms with Crippen LogP contribution in [-0.4, -0.2) is 23.7 Å². The van der Waals surface area contributed by atoms with Gasteiger partial charge < -0.3 is 10.0 Å². The highest BCUT2D eigenvalue weighted by Crippen LogP contribution is 2.28. The molecule has 1 N–H and O–H groups in total. The summed E-state index contributed by atoms with van der Waals surface area (Å²) in [5.41, 5.74) is 2.49. The van der Waals surface area contributed by atoms with Crippen molar-refractivity contribution in [2.24, 2.45) is 0 Å². The third kappa shape index (κ3) is 2.99. The van der Waals surface area contributed by atoms with Crippen LogP contribution in [0.4, 0.5) is 5.69 Å². The monoisotopic (exact) mass is 233 g/mol. The van der Waals surface area contributed by atoms with Gasteiger partial charge in [-0.15, -0.1) is 0 Å². The second-order valence-corrected chi connectivity index (χ2v) is 4.76. The Labute approximate surface area is 102 Å². The Kier molecular flexibility index (Phi) is 3.67. The van der Waals surface area contributed by atoms with E-state index in [0.717, 1.165) is 25.8 Å². The summed E-state index contributed by atoms with van der Waals surface area (Å²) in [6.45, 7) is 3.14. The summed E-state index contributed by atoms with van der Waals surface area (Å²) in [6.07, 6.45) is 3.30. The lowest BCUT2D eigenvalue weighted by Crippen LogP contribution is -2.29. The fourth-order valence-corrected chi connectivity index (χ4v) is 2.57. The van der Waals surface area contributed by atoms with Crippen LogP contribution in [0.1, 0.15) is 31.2 Å². The van der Waals surface area contributed by atoms with Gasteiger partial charge in [0, 0.05) is 24.7 Å². The van der Waals surface area contributed by atoms with Gasteiger partial charge >= 0.3 is 5.97 Å². The molecule has 1 saturated heterocycles. The lowest BCUT2D eigenvalue weighted by atomic mass is 10.1. The fourth-order valence-electron chi connectivity index (χ4n) is 2.57. The topological polar surface area (TPSA) is 40.5 Å². The molecule has 1 aromatic rings. The minimum Gasteiger partial charge on any atom is -0.481 e. The fraction of sp³-hybridized carbons (Fsp3) is 0.500. The van der Waals surface area contributed by atoms with E-state index in [1.165, 1.54) is 11.3 Å². The van der Waals surface area contributed by atoms with Gasteiger partial charge in [0.2, 0.25) is 0 Å². The van der Waals surface area contributed by atoms with E-state index >= 15 is 0 Å². The van der Waals surface area contributed by atoms with E-state index in [0.29, 0.717) is 6.04 Å². The van der Waals surface area contributed by atoms with Gasteiger partial charge in [0.1, 0.15) is 0 Å². The van der Waals surface area contributed by atoms with Crippen molar-refractivity contribution in [2.45, 2.75) is 38.6 Å². The van der Waals surface area contributed by atoms with Crippen LogP contribution in [0.3, 0.4) is 0 Å². The standard InChI is InChI=1S/C14H19NO2/c1-11-4-2-5-13(10-11)15-9-3-6-12(15)7-8-14(16)17/h2,4-5,10,12H,3,6-9H2,1H3,(H,16,17). The quantitative estimate of drug-likeness (QED) is 0.869. The molecule has 1 atom stereocenters. The second-order valence-electron chi connectivity index (χ2n) is 4.76. The average Bonchev–Trinajstić information content (AvgIpc) is 2.74. The van der Waals surface area contributed by atoms with Gasteiger partial charge in [-0.3, -0.25) is 4.79 Å². The highest BCUT2D eigenvalue weighted by Gasteiger charge is 2.24. The second kappa shape index (κ2) is 5.21. The first-order valence-corrected chi connectivity index (χ1v) is 6.22. The van der Waals surface area contributed by atoms with Crippen LogP contribution in [-0.2, 0) is 4.79 Å². The molecule has 2 rings (SSSR count). The molecule has 0 saturated carbocycles. The van der Waals surface area contributed by atoms with Crippen molar-refractivity contribution in [1.82, 2.24) is 0 Å². The van der Waals surface area contributed by atoms with Crippen LogP contribution in [0.25, 0.3) is 0 Å². The Hall–Kier alpha value is -1.51. The van der Waals surface area contributed by atoms with E-state index in [4.69, 9.17) is 5.11 Å². The molecule has 92 valence electrons. The number of anilines is 1. The lowest BCUT2D eigenvalue weighted by molar-refractivity contribution is -0.137. The van der Waals surface area contributed by atoms with Gasteiger partial charge in [-0.25, -0.2) is 0 Å². The first-order chi connectivity index (χ1) is 8.16. The van der Waals surface area contributed by atoms with Crippen LogP contribution < -0.4 is 4.90 Å². The number of aliphatic carboxylic acids is 1. The maximum atomic E-state index is 10.6. The molecule has 0 amide bonds. The third-order valence-electron chi connectivity index (χ3n) is 3.40. The molecule has 1 unspecified atom stereocenters. The van der Waals surface area contributed by atoms with Crippen molar-refractivity contribution in [3.8, 4) is 0 Å². The number of nitrogens with zero attached hydrogens (tertiary/aromatic N) is 1. The normalized spacial score (nSPS) is 19.6. The number of carbonyl (C=O) groups is 1. The van der Waals surface area contributed by atoms with E-state index in [2.05, 4.69) is 36.1 Å². The molecule has 3 nitrogen and oxygen atoms in total. The van der Waals surface area contributed by atoms with Crippen LogP contribution in [0.5, 0.6) is 0 Å². The maximum absolute atomic E-state index is 10.6. The number of benzene rings is 1. The summed E-state index contributed by atoms with van der Waals surface area (Å²) in [5, 5.41) is 8.76. The van der Waals surface area contributed by atoms with E-state index in [1.807, 2.05) is 0 Å². The molecule has 1 aromatic carbocycles. The highest BCUT2D eigenvalue weighted by atomic mass is 16.4. The zero-order chi connectivity index (χ0) is 12.3. The first kappa shape index (κ1) is 12.0. The smallest absolute Gasteiger partial charge is 0.303 e. The Morgan fingerprint density at radius 1 is 1.53 bits per heavy atom. The number of rotatable bonds is 4. The molecule has 1 fully saturated rings. The van der Waals surface area contributed by atoms with Gasteiger partial charge in [0.25, 0.3) is 0 Å². The van der Waals surface area contributed by atoms with Crippen molar-refractivity contribution in [2.75, 3.05) is 11.4 Å². The van der Waals surface area contributed by atoms with Crippen molar-refractivity contribution in [3.05, 3.63) is 29.8 Å². The maximum Gasteiger partial charge on any atom is 0.303 e. The zero-order valence-corrected chi connectivity index (χ0v) is 10.2. The highest BCUT2D eigenvalue weighted by molar-refractivity contribution is 5.66. The summed E-state index contributed by atoms with van der Waals surface area (Å²) in [4.78, 5) is 13.0. The van der Waals surface area contributed by atoms with Crippen molar-refractivity contribution < 1.29 is 9.90 Å². The van der Waals surface area contributed by atoms with Crippen LogP contribution in [0, 0.1) is 6.92 Å². The molecule has 0 bridgehead atoms. The van der Waals surface area contributed by atoms with Gasteiger partial charge in [-0.1, -0.05) is 12.1 Å². The van der Waals surface area contributed by atoms with E-state index in [-0.39, 0.29) is 6.42 Å². The molecular weight excluding hydrogens is 214 g/mol. The predicted octanol–water partition coefficient (Wildman–Crippen LogP) is 2.83. The Bertz CT molecular complexity index is 403. The molecule has 0 aliphatic carbocycles. The first-order valence-electron chi connectivity index (χ1n) is 6.22. The third-order valence-corrected chi connectivity index (χ3v) is 3.40. The van der Waals surface area contributed by atoms with Gasteiger partial charge in [0.15, 0.2) is 0 Å². The Morgan fingerprint density at radius 3 is 3.06 bits per heavy atom. The summed E-state index contributed by atoms with van der Waals surface area (Å²) in [6, 6.07) is 8.85. The van der Waals surface area contributed by atoms with E-state index in [9.17, 15) is 4.79 Å². The molecule has 3 heteroatoms. The van der Waals surface area contributed by atoms with Gasteiger partial charge in [-0.05, 0) is 43.9 Å². The molecule has 0 radical (unpaired) electrons. The van der Waals surface area contributed by atoms with Crippen LogP contribution in [0.2, 0.25) is 0 Å². The number of carboxylic acids is 1. The summed E-state index contributed by atoms with van der Waals surface area (Å²) in [7, 11) is 0. The van der Waals surface area contributed by atoms with Crippen LogP contribution in [0.15, 0.2) is 24.3 Å². The molecule has 1 aliphatic rings. The predicted molar refractivity (Wildman–Crippen MR) is 68.4 cm³/mol. The van der Waals surface area contributed by atoms with E-state index in [1.54, 1.807) is 0 Å². The minimum atomic E-state index is -0.693. The number of carboxylic acid groups (broad SMARTS) is 1. The molecule has 0 spiro atoms. The van der Waals surface area contributed by atoms with Gasteiger partial charge in [-0.2, -0.15) is 0 Å². The Morgan fingerprint density at radius 2 is 2.35 bits per heavy atom. The summed E-state index contributed by atoms with van der Waals surface area (Å²) in [5.74, 6) is -0.693. The number of hydrogen-bond acceptors (Lipinski definition) is 2. The molecular formula is C14H19NO2. The molecule has 1 heterocycles. The van der Waals surface area contributed by atoms with Crippen LogP contribution >= 0.6 is 0 Å². The number of hydrogen-bond donors (Lipinski definition) is 1. The summed E-state index contributed by atoms with van der Waals surface area (Å²) >= 11 is 0.